The zero-order valence-corrected chi connectivity index (χ0v) is 15.8. The molecular formula is C24H20O4. The van der Waals surface area contributed by atoms with Gasteiger partial charge in [-0.05, 0) is 47.5 Å². The van der Waals surface area contributed by atoms with Gasteiger partial charge in [-0.2, -0.15) is 0 Å². The van der Waals surface area contributed by atoms with Crippen LogP contribution >= 0.6 is 0 Å². The van der Waals surface area contributed by atoms with Crippen LogP contribution in [0.3, 0.4) is 0 Å². The maximum absolute atomic E-state index is 6.61. The topological polar surface area (TPSA) is 36.9 Å². The Balaban J connectivity index is 1.76. The SMILES string of the molecule is COc1ccc(C23OCc4ccccc4C2=Cc2cccc(OC)c2O3)cc1. The second kappa shape index (κ2) is 6.43. The molecule has 5 rings (SSSR count). The van der Waals surface area contributed by atoms with Crippen molar-refractivity contribution in [2.24, 2.45) is 0 Å². The minimum Gasteiger partial charge on any atom is -0.497 e. The minimum atomic E-state index is -1.04. The number of para-hydroxylation sites is 1. The highest BCUT2D eigenvalue weighted by Crippen LogP contribution is 2.53. The van der Waals surface area contributed by atoms with E-state index in [1.54, 1.807) is 14.2 Å². The molecule has 2 heterocycles. The summed E-state index contributed by atoms with van der Waals surface area (Å²) in [5.41, 5.74) is 5.15. The van der Waals surface area contributed by atoms with Crippen LogP contribution in [0.15, 0.2) is 66.7 Å². The summed E-state index contributed by atoms with van der Waals surface area (Å²) >= 11 is 0. The first-order chi connectivity index (χ1) is 13.7. The van der Waals surface area contributed by atoms with Gasteiger partial charge in [0.1, 0.15) is 5.75 Å². The molecular weight excluding hydrogens is 352 g/mol. The van der Waals surface area contributed by atoms with Crippen LogP contribution in [0.5, 0.6) is 17.2 Å². The lowest BCUT2D eigenvalue weighted by Gasteiger charge is -2.43. The summed E-state index contributed by atoms with van der Waals surface area (Å²) in [5.74, 6) is 1.12. The lowest BCUT2D eigenvalue weighted by atomic mass is 9.83. The van der Waals surface area contributed by atoms with Crippen molar-refractivity contribution >= 4 is 11.6 Å². The predicted octanol–water partition coefficient (Wildman–Crippen LogP) is 5.02. The van der Waals surface area contributed by atoms with Gasteiger partial charge in [-0.3, -0.25) is 0 Å². The third-order valence-corrected chi connectivity index (χ3v) is 5.34. The van der Waals surface area contributed by atoms with Gasteiger partial charge in [-0.25, -0.2) is 0 Å². The van der Waals surface area contributed by atoms with Gasteiger partial charge in [-0.15, -0.1) is 0 Å². The standard InChI is InChI=1S/C24H20O4/c1-25-19-12-10-18(11-13-19)24-21(20-8-4-3-6-17(20)15-27-24)14-16-7-5-9-22(26-2)23(16)28-24/h3-14H,15H2,1-2H3. The Bertz CT molecular complexity index is 1070. The molecule has 0 bridgehead atoms. The summed E-state index contributed by atoms with van der Waals surface area (Å²) in [4.78, 5) is 0. The second-order valence-corrected chi connectivity index (χ2v) is 6.83. The molecule has 4 heteroatoms. The van der Waals surface area contributed by atoms with E-state index in [1.165, 1.54) is 0 Å². The average molecular weight is 372 g/mol. The summed E-state index contributed by atoms with van der Waals surface area (Å²) in [6.07, 6.45) is 2.14. The molecule has 3 aromatic rings. The number of benzene rings is 3. The summed E-state index contributed by atoms with van der Waals surface area (Å²) in [6, 6.07) is 22.0. The summed E-state index contributed by atoms with van der Waals surface area (Å²) in [5, 5.41) is 0. The van der Waals surface area contributed by atoms with Crippen molar-refractivity contribution < 1.29 is 18.9 Å². The van der Waals surface area contributed by atoms with Gasteiger partial charge < -0.3 is 18.9 Å². The van der Waals surface area contributed by atoms with Gasteiger partial charge in [0.25, 0.3) is 5.79 Å². The molecule has 2 aliphatic heterocycles. The Morgan fingerprint density at radius 2 is 1.68 bits per heavy atom. The largest absolute Gasteiger partial charge is 0.497 e. The highest BCUT2D eigenvalue weighted by molar-refractivity contribution is 5.91. The highest BCUT2D eigenvalue weighted by Gasteiger charge is 2.47. The highest BCUT2D eigenvalue weighted by atomic mass is 16.7. The number of methoxy groups -OCH3 is 2. The van der Waals surface area contributed by atoms with Crippen LogP contribution in [0.1, 0.15) is 22.3 Å². The van der Waals surface area contributed by atoms with Crippen molar-refractivity contribution in [2.75, 3.05) is 14.2 Å². The van der Waals surface area contributed by atoms with Crippen LogP contribution in [0, 0.1) is 0 Å². The third kappa shape index (κ3) is 2.42. The van der Waals surface area contributed by atoms with E-state index in [2.05, 4.69) is 18.2 Å². The predicted molar refractivity (Wildman–Crippen MR) is 107 cm³/mol. The molecule has 3 aromatic carbocycles. The number of ether oxygens (including phenoxy) is 4. The van der Waals surface area contributed by atoms with E-state index in [0.29, 0.717) is 18.1 Å². The van der Waals surface area contributed by atoms with E-state index in [0.717, 1.165) is 33.6 Å². The molecule has 140 valence electrons. The number of hydrogen-bond acceptors (Lipinski definition) is 4. The summed E-state index contributed by atoms with van der Waals surface area (Å²) in [7, 11) is 3.31. The van der Waals surface area contributed by atoms with E-state index >= 15 is 0 Å². The first-order valence-corrected chi connectivity index (χ1v) is 9.20. The van der Waals surface area contributed by atoms with Crippen molar-refractivity contribution in [3.05, 3.63) is 89.0 Å². The number of fused-ring (bicyclic) bond motifs is 4. The molecule has 0 radical (unpaired) electrons. The molecule has 1 atom stereocenters. The van der Waals surface area contributed by atoms with Crippen LogP contribution in [0.4, 0.5) is 0 Å². The Labute approximate surface area is 163 Å². The molecule has 0 fully saturated rings. The van der Waals surface area contributed by atoms with Gasteiger partial charge in [0.05, 0.1) is 20.8 Å². The van der Waals surface area contributed by atoms with Crippen LogP contribution in [-0.2, 0) is 17.1 Å². The molecule has 0 aromatic heterocycles. The van der Waals surface area contributed by atoms with Crippen LogP contribution in [-0.4, -0.2) is 14.2 Å². The number of rotatable bonds is 3. The van der Waals surface area contributed by atoms with Crippen LogP contribution < -0.4 is 14.2 Å². The van der Waals surface area contributed by atoms with Gasteiger partial charge in [-0.1, -0.05) is 36.4 Å². The van der Waals surface area contributed by atoms with E-state index in [1.807, 2.05) is 54.6 Å². The first kappa shape index (κ1) is 16.9. The van der Waals surface area contributed by atoms with Gasteiger partial charge in [0.15, 0.2) is 11.5 Å². The minimum absolute atomic E-state index is 0.462. The van der Waals surface area contributed by atoms with Crippen molar-refractivity contribution in [1.82, 2.24) is 0 Å². The van der Waals surface area contributed by atoms with Gasteiger partial charge in [0, 0.05) is 16.7 Å². The summed E-state index contributed by atoms with van der Waals surface area (Å²) < 4.78 is 23.9. The monoisotopic (exact) mass is 372 g/mol. The van der Waals surface area contributed by atoms with Crippen molar-refractivity contribution in [3.8, 4) is 17.2 Å². The van der Waals surface area contributed by atoms with Crippen molar-refractivity contribution in [1.29, 1.82) is 0 Å². The Morgan fingerprint density at radius 1 is 0.857 bits per heavy atom. The Hall–Kier alpha value is -3.24. The van der Waals surface area contributed by atoms with Crippen molar-refractivity contribution in [2.45, 2.75) is 12.4 Å². The van der Waals surface area contributed by atoms with E-state index in [-0.39, 0.29) is 0 Å². The van der Waals surface area contributed by atoms with E-state index in [9.17, 15) is 0 Å². The molecule has 4 nitrogen and oxygen atoms in total. The van der Waals surface area contributed by atoms with Gasteiger partial charge in [0.2, 0.25) is 0 Å². The lowest BCUT2D eigenvalue weighted by molar-refractivity contribution is -0.161. The Morgan fingerprint density at radius 3 is 2.46 bits per heavy atom. The molecule has 0 N–H and O–H groups in total. The maximum Gasteiger partial charge on any atom is 0.265 e. The lowest BCUT2D eigenvalue weighted by Crippen LogP contribution is -2.42. The normalized spacial score (nSPS) is 19.4. The fraction of sp³-hybridized carbons (Fsp3) is 0.167. The molecule has 0 spiro atoms. The molecule has 0 saturated heterocycles. The van der Waals surface area contributed by atoms with Crippen LogP contribution in [0.2, 0.25) is 0 Å². The first-order valence-electron chi connectivity index (χ1n) is 9.20. The summed E-state index contributed by atoms with van der Waals surface area (Å²) in [6.45, 7) is 0.462. The molecule has 0 amide bonds. The second-order valence-electron chi connectivity index (χ2n) is 6.83. The van der Waals surface area contributed by atoms with Gasteiger partial charge >= 0.3 is 0 Å². The fourth-order valence-corrected chi connectivity index (χ4v) is 3.92. The zero-order valence-electron chi connectivity index (χ0n) is 15.8. The van der Waals surface area contributed by atoms with E-state index in [4.69, 9.17) is 18.9 Å². The molecule has 1 unspecified atom stereocenters. The zero-order chi connectivity index (χ0) is 19.1. The van der Waals surface area contributed by atoms with E-state index < -0.39 is 5.79 Å². The van der Waals surface area contributed by atoms with Crippen molar-refractivity contribution in [3.63, 3.8) is 0 Å². The fourth-order valence-electron chi connectivity index (χ4n) is 3.92. The molecule has 0 aliphatic carbocycles. The molecule has 28 heavy (non-hydrogen) atoms. The Kier molecular flexibility index (Phi) is 3.88. The third-order valence-electron chi connectivity index (χ3n) is 5.34. The average Bonchev–Trinajstić information content (AvgIpc) is 2.77. The quantitative estimate of drug-likeness (QED) is 0.647. The smallest absolute Gasteiger partial charge is 0.265 e. The molecule has 2 aliphatic rings. The molecule has 0 saturated carbocycles. The maximum atomic E-state index is 6.61. The van der Waals surface area contributed by atoms with Crippen LogP contribution in [0.25, 0.3) is 11.6 Å². The number of hydrogen-bond donors (Lipinski definition) is 0.